The summed E-state index contributed by atoms with van der Waals surface area (Å²) in [5.74, 6) is 1.03. The summed E-state index contributed by atoms with van der Waals surface area (Å²) in [5.41, 5.74) is 5.49. The Labute approximate surface area is 206 Å². The Hall–Kier alpha value is -2.60. The van der Waals surface area contributed by atoms with E-state index >= 15 is 0 Å². The van der Waals surface area contributed by atoms with Gasteiger partial charge < -0.3 is 10.2 Å². The fourth-order valence-corrected chi connectivity index (χ4v) is 4.61. The highest BCUT2D eigenvalue weighted by atomic mass is 35.5. The summed E-state index contributed by atoms with van der Waals surface area (Å²) in [6.07, 6.45) is 7.33. The number of para-hydroxylation sites is 1. The van der Waals surface area contributed by atoms with Gasteiger partial charge in [0.1, 0.15) is 5.84 Å². The van der Waals surface area contributed by atoms with Crippen molar-refractivity contribution in [3.8, 4) is 0 Å². The Morgan fingerprint density at radius 1 is 0.879 bits per heavy atom. The van der Waals surface area contributed by atoms with E-state index < -0.39 is 0 Å². The second-order valence-corrected chi connectivity index (χ2v) is 8.85. The number of unbranched alkanes of at least 4 members (excludes halogenated alkanes) is 1. The molecule has 0 radical (unpaired) electrons. The molecule has 3 heterocycles. The highest BCUT2D eigenvalue weighted by Crippen LogP contribution is 2.36. The lowest BCUT2D eigenvalue weighted by Gasteiger charge is -2.36. The predicted octanol–water partition coefficient (Wildman–Crippen LogP) is 5.93. The smallest absolute Gasteiger partial charge is 0.138 e. The van der Waals surface area contributed by atoms with Crippen LogP contribution in [0, 0.1) is 0 Å². The van der Waals surface area contributed by atoms with Gasteiger partial charge in [-0.05, 0) is 73.8 Å². The zero-order valence-corrected chi connectivity index (χ0v) is 20.2. The van der Waals surface area contributed by atoms with Crippen LogP contribution in [0.3, 0.4) is 0 Å². The van der Waals surface area contributed by atoms with Gasteiger partial charge in [-0.25, -0.2) is 4.99 Å². The molecule has 0 spiro atoms. The molecular formula is C26H29Cl2N5. The van der Waals surface area contributed by atoms with E-state index in [-0.39, 0.29) is 12.4 Å². The van der Waals surface area contributed by atoms with Gasteiger partial charge in [-0.1, -0.05) is 23.7 Å². The maximum Gasteiger partial charge on any atom is 0.138 e. The van der Waals surface area contributed by atoms with Crippen LogP contribution >= 0.6 is 24.0 Å². The monoisotopic (exact) mass is 481 g/mol. The third-order valence-electron chi connectivity index (χ3n) is 6.23. The largest absolute Gasteiger partial charge is 0.353 e. The van der Waals surface area contributed by atoms with Gasteiger partial charge in [-0.2, -0.15) is 0 Å². The zero-order chi connectivity index (χ0) is 21.8. The second kappa shape index (κ2) is 11.0. The predicted molar refractivity (Wildman–Crippen MR) is 140 cm³/mol. The highest BCUT2D eigenvalue weighted by Gasteiger charge is 2.24. The lowest BCUT2D eigenvalue weighted by atomic mass is 10.1. The Balaban J connectivity index is 0.00000259. The van der Waals surface area contributed by atoms with Crippen molar-refractivity contribution in [2.45, 2.75) is 19.3 Å². The normalized spacial score (nSPS) is 15.4. The maximum absolute atomic E-state index is 6.27. The van der Waals surface area contributed by atoms with Crippen LogP contribution in [0.2, 0.25) is 5.02 Å². The molecule has 2 aliphatic heterocycles. The molecule has 0 amide bonds. The summed E-state index contributed by atoms with van der Waals surface area (Å²) in [7, 11) is 0. The fraction of sp³-hybridized carbons (Fsp3) is 0.308. The molecule has 33 heavy (non-hydrogen) atoms. The van der Waals surface area contributed by atoms with Crippen molar-refractivity contribution in [1.29, 1.82) is 0 Å². The fourth-order valence-electron chi connectivity index (χ4n) is 4.45. The van der Waals surface area contributed by atoms with Crippen molar-refractivity contribution < 1.29 is 0 Å². The van der Waals surface area contributed by atoms with E-state index in [4.69, 9.17) is 16.6 Å². The average Bonchev–Trinajstić information content (AvgIpc) is 2.99. The average molecular weight is 482 g/mol. The number of aromatic nitrogens is 1. The van der Waals surface area contributed by atoms with E-state index in [9.17, 15) is 0 Å². The number of anilines is 2. The second-order valence-electron chi connectivity index (χ2n) is 8.41. The number of nitrogens with zero attached hydrogens (tertiary/aromatic N) is 4. The summed E-state index contributed by atoms with van der Waals surface area (Å²) in [5, 5.41) is 4.25. The molecule has 0 atom stereocenters. The van der Waals surface area contributed by atoms with Gasteiger partial charge in [-0.15, -0.1) is 12.4 Å². The first kappa shape index (κ1) is 23.6. The molecule has 0 bridgehead atoms. The van der Waals surface area contributed by atoms with E-state index in [1.54, 1.807) is 0 Å². The molecule has 1 aromatic heterocycles. The number of hydrogen-bond donors (Lipinski definition) is 1. The number of aliphatic imine (C=N–C) groups is 1. The van der Waals surface area contributed by atoms with Crippen LogP contribution in [0.4, 0.5) is 17.1 Å². The minimum atomic E-state index is 0. The number of amidine groups is 1. The number of benzene rings is 2. The van der Waals surface area contributed by atoms with E-state index in [1.807, 2.05) is 30.6 Å². The number of rotatable bonds is 5. The van der Waals surface area contributed by atoms with Crippen LogP contribution in [-0.2, 0) is 6.42 Å². The van der Waals surface area contributed by atoms with E-state index in [0.717, 1.165) is 67.6 Å². The summed E-state index contributed by atoms with van der Waals surface area (Å²) in [6, 6.07) is 18.5. The van der Waals surface area contributed by atoms with Crippen LogP contribution in [0.1, 0.15) is 24.0 Å². The first-order chi connectivity index (χ1) is 15.8. The Bertz CT molecular complexity index is 1090. The minimum Gasteiger partial charge on any atom is -0.353 e. The standard InChI is InChI=1S/C26H28ClN5.ClH/c27-21-8-9-24-25(19-21)30-26(22-6-1-2-7-23(22)29-24)32-17-15-31(16-18-32)14-4-3-5-20-10-12-28-13-11-20;/h1-2,6-13,19,29H,3-5,14-18H2;1H. The van der Waals surface area contributed by atoms with Crippen LogP contribution < -0.4 is 5.32 Å². The molecule has 2 aliphatic rings. The van der Waals surface area contributed by atoms with Crippen molar-refractivity contribution in [1.82, 2.24) is 14.8 Å². The number of aryl methyl sites for hydroxylation is 1. The molecule has 0 saturated carbocycles. The number of fused-ring (bicyclic) bond motifs is 2. The molecule has 0 unspecified atom stereocenters. The summed E-state index contributed by atoms with van der Waals surface area (Å²) >= 11 is 6.27. The van der Waals surface area contributed by atoms with Crippen molar-refractivity contribution >= 4 is 46.9 Å². The summed E-state index contributed by atoms with van der Waals surface area (Å²) in [4.78, 5) is 14.2. The highest BCUT2D eigenvalue weighted by molar-refractivity contribution is 6.31. The number of pyridine rings is 1. The molecular weight excluding hydrogens is 453 g/mol. The Morgan fingerprint density at radius 2 is 1.67 bits per heavy atom. The Kier molecular flexibility index (Phi) is 7.86. The SMILES string of the molecule is Cl.Clc1ccc2c(c1)N=C(N1CCN(CCCCc3ccncc3)CC1)c1ccccc1N2. The van der Waals surface area contributed by atoms with Gasteiger partial charge in [0.2, 0.25) is 0 Å². The molecule has 1 fully saturated rings. The first-order valence-electron chi connectivity index (χ1n) is 11.4. The van der Waals surface area contributed by atoms with Crippen LogP contribution in [0.25, 0.3) is 0 Å². The number of piperazine rings is 1. The molecule has 2 aromatic carbocycles. The third kappa shape index (κ3) is 5.67. The molecule has 5 nitrogen and oxygen atoms in total. The van der Waals surface area contributed by atoms with Crippen molar-refractivity contribution in [3.63, 3.8) is 0 Å². The Morgan fingerprint density at radius 3 is 2.48 bits per heavy atom. The topological polar surface area (TPSA) is 43.8 Å². The van der Waals surface area contributed by atoms with Gasteiger partial charge in [0, 0.05) is 54.8 Å². The van der Waals surface area contributed by atoms with Crippen molar-refractivity contribution in [3.05, 3.63) is 83.1 Å². The molecule has 1 saturated heterocycles. The molecule has 7 heteroatoms. The number of hydrogen-bond acceptors (Lipinski definition) is 5. The maximum atomic E-state index is 6.27. The number of halogens is 2. The van der Waals surface area contributed by atoms with E-state index in [0.29, 0.717) is 5.02 Å². The molecule has 5 rings (SSSR count). The molecule has 1 N–H and O–H groups in total. The van der Waals surface area contributed by atoms with E-state index in [1.165, 1.54) is 18.4 Å². The molecule has 3 aromatic rings. The summed E-state index contributed by atoms with van der Waals surface area (Å²) < 4.78 is 0. The van der Waals surface area contributed by atoms with Gasteiger partial charge in [-0.3, -0.25) is 9.88 Å². The van der Waals surface area contributed by atoms with E-state index in [2.05, 4.69) is 56.5 Å². The zero-order valence-electron chi connectivity index (χ0n) is 18.6. The lowest BCUT2D eigenvalue weighted by Crippen LogP contribution is -2.49. The molecule has 0 aliphatic carbocycles. The van der Waals surface area contributed by atoms with Crippen LogP contribution in [0.5, 0.6) is 0 Å². The molecule has 172 valence electrons. The van der Waals surface area contributed by atoms with Gasteiger partial charge in [0.15, 0.2) is 0 Å². The first-order valence-corrected chi connectivity index (χ1v) is 11.7. The van der Waals surface area contributed by atoms with Gasteiger partial charge in [0.05, 0.1) is 11.4 Å². The summed E-state index contributed by atoms with van der Waals surface area (Å²) in [6.45, 7) is 5.24. The van der Waals surface area contributed by atoms with Crippen molar-refractivity contribution in [2.75, 3.05) is 38.0 Å². The van der Waals surface area contributed by atoms with Crippen molar-refractivity contribution in [2.24, 2.45) is 4.99 Å². The van der Waals surface area contributed by atoms with Crippen LogP contribution in [0.15, 0.2) is 72.0 Å². The minimum absolute atomic E-state index is 0. The van der Waals surface area contributed by atoms with Crippen LogP contribution in [-0.4, -0.2) is 53.3 Å². The quantitative estimate of drug-likeness (QED) is 0.458. The van der Waals surface area contributed by atoms with Gasteiger partial charge >= 0.3 is 0 Å². The number of nitrogens with one attached hydrogen (secondary N) is 1. The lowest BCUT2D eigenvalue weighted by molar-refractivity contribution is 0.180. The third-order valence-corrected chi connectivity index (χ3v) is 6.47. The van der Waals surface area contributed by atoms with Gasteiger partial charge in [0.25, 0.3) is 0 Å².